The van der Waals surface area contributed by atoms with Crippen LogP contribution in [0.4, 0.5) is 0 Å². The lowest BCUT2D eigenvalue weighted by Crippen LogP contribution is -2.27. The maximum Gasteiger partial charge on any atom is 0.269 e. The van der Waals surface area contributed by atoms with E-state index in [1.54, 1.807) is 0 Å². The number of hydrogen-bond acceptors (Lipinski definition) is 3. The van der Waals surface area contributed by atoms with Gasteiger partial charge in [-0.3, -0.25) is 9.59 Å². The van der Waals surface area contributed by atoms with Crippen LogP contribution in [0.5, 0.6) is 0 Å². The van der Waals surface area contributed by atoms with E-state index in [2.05, 4.69) is 11.2 Å². The summed E-state index contributed by atoms with van der Waals surface area (Å²) >= 11 is 0. The first-order chi connectivity index (χ1) is 9.65. The first-order valence-corrected chi connectivity index (χ1v) is 6.61. The monoisotopic (exact) mass is 269 g/mol. The minimum Gasteiger partial charge on any atom is -0.364 e. The van der Waals surface area contributed by atoms with Gasteiger partial charge in [-0.05, 0) is 36.0 Å². The van der Waals surface area contributed by atoms with Gasteiger partial charge in [-0.1, -0.05) is 24.3 Å². The van der Waals surface area contributed by atoms with Gasteiger partial charge in [0.1, 0.15) is 5.69 Å². The van der Waals surface area contributed by atoms with E-state index in [9.17, 15) is 9.59 Å². The number of aromatic nitrogens is 2. The number of hydrogen-bond donors (Lipinski definition) is 1. The SMILES string of the molecule is NC(=O)c1ccc(=O)n(Cc2ccccc2C2CC2)n1. The Morgan fingerprint density at radius 1 is 1.25 bits per heavy atom. The predicted molar refractivity (Wildman–Crippen MR) is 74.5 cm³/mol. The summed E-state index contributed by atoms with van der Waals surface area (Å²) in [5, 5.41) is 4.02. The molecule has 0 atom stereocenters. The molecule has 0 radical (unpaired) electrons. The van der Waals surface area contributed by atoms with Gasteiger partial charge in [0.25, 0.3) is 11.5 Å². The smallest absolute Gasteiger partial charge is 0.269 e. The van der Waals surface area contributed by atoms with Crippen molar-refractivity contribution < 1.29 is 4.79 Å². The van der Waals surface area contributed by atoms with Crippen LogP contribution in [0.3, 0.4) is 0 Å². The number of amides is 1. The molecular formula is C15H15N3O2. The van der Waals surface area contributed by atoms with Crippen molar-refractivity contribution in [2.24, 2.45) is 5.73 Å². The fourth-order valence-corrected chi connectivity index (χ4v) is 2.33. The van der Waals surface area contributed by atoms with E-state index < -0.39 is 5.91 Å². The first kappa shape index (κ1) is 12.6. The summed E-state index contributed by atoms with van der Waals surface area (Å²) in [5.74, 6) is -0.0320. The van der Waals surface area contributed by atoms with Crippen molar-refractivity contribution in [2.45, 2.75) is 25.3 Å². The van der Waals surface area contributed by atoms with Crippen LogP contribution >= 0.6 is 0 Å². The van der Waals surface area contributed by atoms with Crippen LogP contribution in [-0.2, 0) is 6.54 Å². The molecule has 102 valence electrons. The third-order valence-corrected chi connectivity index (χ3v) is 3.51. The molecule has 0 bridgehead atoms. The lowest BCUT2D eigenvalue weighted by atomic mass is 10.0. The molecule has 1 amide bonds. The molecule has 5 heteroatoms. The van der Waals surface area contributed by atoms with Crippen molar-refractivity contribution in [3.63, 3.8) is 0 Å². The van der Waals surface area contributed by atoms with E-state index in [4.69, 9.17) is 5.73 Å². The van der Waals surface area contributed by atoms with Gasteiger partial charge in [0.05, 0.1) is 6.54 Å². The first-order valence-electron chi connectivity index (χ1n) is 6.61. The maximum absolute atomic E-state index is 11.8. The number of rotatable bonds is 4. The molecule has 1 heterocycles. The van der Waals surface area contributed by atoms with E-state index >= 15 is 0 Å². The molecule has 3 rings (SSSR count). The highest BCUT2D eigenvalue weighted by Crippen LogP contribution is 2.41. The lowest BCUT2D eigenvalue weighted by molar-refractivity contribution is 0.0993. The molecule has 1 aliphatic carbocycles. The van der Waals surface area contributed by atoms with Gasteiger partial charge in [-0.25, -0.2) is 4.68 Å². The van der Waals surface area contributed by atoms with E-state index in [0.717, 1.165) is 5.56 Å². The van der Waals surface area contributed by atoms with Crippen LogP contribution in [0.2, 0.25) is 0 Å². The summed E-state index contributed by atoms with van der Waals surface area (Å²) < 4.78 is 1.29. The van der Waals surface area contributed by atoms with Crippen molar-refractivity contribution in [1.82, 2.24) is 9.78 Å². The number of carbonyl (C=O) groups is 1. The molecular weight excluding hydrogens is 254 g/mol. The highest BCUT2D eigenvalue weighted by atomic mass is 16.1. The summed E-state index contributed by atoms with van der Waals surface area (Å²) in [6.45, 7) is 0.368. The molecule has 2 aromatic rings. The zero-order valence-electron chi connectivity index (χ0n) is 11.0. The van der Waals surface area contributed by atoms with Gasteiger partial charge >= 0.3 is 0 Å². The fourth-order valence-electron chi connectivity index (χ4n) is 2.33. The molecule has 0 spiro atoms. The highest BCUT2D eigenvalue weighted by molar-refractivity contribution is 5.90. The Bertz CT molecular complexity index is 717. The Kier molecular flexibility index (Phi) is 3.10. The second-order valence-corrected chi connectivity index (χ2v) is 5.05. The number of primary amides is 1. The lowest BCUT2D eigenvalue weighted by Gasteiger charge is -2.10. The quantitative estimate of drug-likeness (QED) is 0.907. The standard InChI is InChI=1S/C15H15N3O2/c16-15(20)13-7-8-14(19)18(17-13)9-11-3-1-2-4-12(11)10-5-6-10/h1-4,7-8,10H,5-6,9H2,(H2,16,20). The van der Waals surface area contributed by atoms with Crippen LogP contribution < -0.4 is 11.3 Å². The van der Waals surface area contributed by atoms with E-state index in [1.807, 2.05) is 18.2 Å². The molecule has 1 aromatic carbocycles. The Morgan fingerprint density at radius 2 is 2.00 bits per heavy atom. The summed E-state index contributed by atoms with van der Waals surface area (Å²) in [6.07, 6.45) is 2.39. The van der Waals surface area contributed by atoms with Crippen LogP contribution in [0.1, 0.15) is 40.4 Å². The summed E-state index contributed by atoms with van der Waals surface area (Å²) in [6, 6.07) is 10.7. The largest absolute Gasteiger partial charge is 0.364 e. The van der Waals surface area contributed by atoms with E-state index in [0.29, 0.717) is 12.5 Å². The fraction of sp³-hybridized carbons (Fsp3) is 0.267. The maximum atomic E-state index is 11.8. The third-order valence-electron chi connectivity index (χ3n) is 3.51. The molecule has 1 saturated carbocycles. The molecule has 0 saturated heterocycles. The second kappa shape index (κ2) is 4.92. The van der Waals surface area contributed by atoms with Crippen LogP contribution in [0, 0.1) is 0 Å². The predicted octanol–water partition coefficient (Wildman–Crippen LogP) is 1.27. The average Bonchev–Trinajstić information content (AvgIpc) is 3.26. The minimum absolute atomic E-state index is 0.105. The Hall–Kier alpha value is -2.43. The zero-order valence-corrected chi connectivity index (χ0v) is 11.0. The normalized spacial score (nSPS) is 14.2. The average molecular weight is 269 g/mol. The van der Waals surface area contributed by atoms with Crippen LogP contribution in [0.15, 0.2) is 41.2 Å². The molecule has 0 unspecified atom stereocenters. The molecule has 1 fully saturated rings. The van der Waals surface area contributed by atoms with Crippen LogP contribution in [-0.4, -0.2) is 15.7 Å². The van der Waals surface area contributed by atoms with Gasteiger partial charge in [0, 0.05) is 6.07 Å². The second-order valence-electron chi connectivity index (χ2n) is 5.05. The van der Waals surface area contributed by atoms with Gasteiger partial charge in [-0.2, -0.15) is 5.10 Å². The Morgan fingerprint density at radius 3 is 2.70 bits per heavy atom. The summed E-state index contributed by atoms with van der Waals surface area (Å²) in [4.78, 5) is 23.0. The molecule has 1 aromatic heterocycles. The molecule has 2 N–H and O–H groups in total. The molecule has 5 nitrogen and oxygen atoms in total. The minimum atomic E-state index is -0.630. The van der Waals surface area contributed by atoms with Crippen LogP contribution in [0.25, 0.3) is 0 Å². The van der Waals surface area contributed by atoms with Crippen molar-refractivity contribution >= 4 is 5.91 Å². The molecule has 0 aliphatic heterocycles. The summed E-state index contributed by atoms with van der Waals surface area (Å²) in [5.41, 5.74) is 7.41. The highest BCUT2D eigenvalue weighted by Gasteiger charge is 2.25. The zero-order chi connectivity index (χ0) is 14.1. The van der Waals surface area contributed by atoms with Gasteiger partial charge in [0.15, 0.2) is 0 Å². The molecule has 20 heavy (non-hydrogen) atoms. The Balaban J connectivity index is 1.97. The Labute approximate surface area is 116 Å². The number of carbonyl (C=O) groups excluding carboxylic acids is 1. The van der Waals surface area contributed by atoms with Gasteiger partial charge in [-0.15, -0.1) is 0 Å². The number of nitrogens with two attached hydrogens (primary N) is 1. The summed E-state index contributed by atoms with van der Waals surface area (Å²) in [7, 11) is 0. The van der Waals surface area contributed by atoms with E-state index in [-0.39, 0.29) is 11.3 Å². The molecule has 1 aliphatic rings. The van der Waals surface area contributed by atoms with Crippen molar-refractivity contribution in [1.29, 1.82) is 0 Å². The van der Waals surface area contributed by atoms with Gasteiger partial charge in [0.2, 0.25) is 0 Å². The van der Waals surface area contributed by atoms with Crippen molar-refractivity contribution in [3.8, 4) is 0 Å². The third kappa shape index (κ3) is 2.47. The number of benzene rings is 1. The van der Waals surface area contributed by atoms with Crippen molar-refractivity contribution in [3.05, 3.63) is 63.6 Å². The number of nitrogens with zero attached hydrogens (tertiary/aromatic N) is 2. The van der Waals surface area contributed by atoms with E-state index in [1.165, 1.54) is 35.2 Å². The van der Waals surface area contributed by atoms with Gasteiger partial charge < -0.3 is 5.73 Å². The topological polar surface area (TPSA) is 78.0 Å². The van der Waals surface area contributed by atoms with Crippen molar-refractivity contribution in [2.75, 3.05) is 0 Å².